The summed E-state index contributed by atoms with van der Waals surface area (Å²) in [6.45, 7) is 1.90. The van der Waals surface area contributed by atoms with E-state index < -0.39 is 33.5 Å². The van der Waals surface area contributed by atoms with Crippen LogP contribution in [0.2, 0.25) is 0 Å². The average molecular weight is 531 g/mol. The maximum absolute atomic E-state index is 13.8. The number of rotatable bonds is 7. The van der Waals surface area contributed by atoms with Gasteiger partial charge in [-0.3, -0.25) is 9.40 Å². The molecule has 0 spiro atoms. The number of anilines is 1. The molecule has 0 aliphatic carbocycles. The Hall–Kier alpha value is -4.44. The highest BCUT2D eigenvalue weighted by molar-refractivity contribution is 7.92. The smallest absolute Gasteiger partial charge is 0.435 e. The molecule has 4 rings (SSSR count). The topological polar surface area (TPSA) is 110 Å². The molecule has 0 aliphatic rings. The molecule has 37 heavy (non-hydrogen) atoms. The van der Waals surface area contributed by atoms with E-state index in [2.05, 4.69) is 10.1 Å². The van der Waals surface area contributed by atoms with Crippen LogP contribution in [0.25, 0.3) is 11.3 Å². The van der Waals surface area contributed by atoms with Gasteiger partial charge >= 0.3 is 6.18 Å². The minimum atomic E-state index is -4.58. The van der Waals surface area contributed by atoms with Gasteiger partial charge in [0.15, 0.2) is 17.3 Å². The van der Waals surface area contributed by atoms with Gasteiger partial charge in [0.2, 0.25) is 0 Å². The lowest BCUT2D eigenvalue weighted by Crippen LogP contribution is -2.15. The van der Waals surface area contributed by atoms with Crippen LogP contribution in [-0.2, 0) is 22.7 Å². The molecule has 2 heterocycles. The number of sulfonamides is 1. The average Bonchev–Trinajstić information content (AvgIpc) is 3.31. The molecule has 0 saturated carbocycles. The molecule has 0 amide bonds. The van der Waals surface area contributed by atoms with Crippen LogP contribution in [-0.4, -0.2) is 23.2 Å². The van der Waals surface area contributed by atoms with Crippen LogP contribution in [0.3, 0.4) is 0 Å². The fourth-order valence-corrected chi connectivity index (χ4v) is 4.39. The lowest BCUT2D eigenvalue weighted by molar-refractivity contribution is -0.141. The quantitative estimate of drug-likeness (QED) is 0.312. The van der Waals surface area contributed by atoms with Crippen molar-refractivity contribution in [1.29, 1.82) is 5.26 Å². The first kappa shape index (κ1) is 25.6. The Morgan fingerprint density at radius 3 is 2.46 bits per heavy atom. The maximum Gasteiger partial charge on any atom is 0.435 e. The van der Waals surface area contributed by atoms with Gasteiger partial charge in [0.25, 0.3) is 10.0 Å². The molecule has 0 saturated heterocycles. The number of halogens is 4. The number of aromatic nitrogens is 3. The number of nitrogens with zero attached hydrogens (tertiary/aromatic N) is 4. The largest absolute Gasteiger partial charge is 0.456 e. The Morgan fingerprint density at radius 1 is 1.11 bits per heavy atom. The summed E-state index contributed by atoms with van der Waals surface area (Å²) in [5.41, 5.74) is -0.386. The van der Waals surface area contributed by atoms with Crippen molar-refractivity contribution in [1.82, 2.24) is 14.8 Å². The van der Waals surface area contributed by atoms with E-state index in [1.54, 1.807) is 6.92 Å². The molecular formula is C24H17F4N5O3S. The van der Waals surface area contributed by atoms with Gasteiger partial charge in [-0.2, -0.15) is 23.5 Å². The predicted molar refractivity (Wildman–Crippen MR) is 125 cm³/mol. The van der Waals surface area contributed by atoms with Crippen molar-refractivity contribution in [3.8, 4) is 28.8 Å². The molecule has 13 heteroatoms. The maximum atomic E-state index is 13.8. The van der Waals surface area contributed by atoms with E-state index in [0.717, 1.165) is 18.2 Å². The van der Waals surface area contributed by atoms with Crippen molar-refractivity contribution in [3.05, 3.63) is 83.9 Å². The summed E-state index contributed by atoms with van der Waals surface area (Å²) in [7, 11) is -4.26. The molecule has 2 aromatic heterocycles. The number of benzene rings is 2. The van der Waals surface area contributed by atoms with Crippen molar-refractivity contribution in [3.63, 3.8) is 0 Å². The molecule has 0 bridgehead atoms. The number of hydrogen-bond donors (Lipinski definition) is 1. The number of nitrogens with one attached hydrogen (secondary N) is 1. The van der Waals surface area contributed by atoms with Crippen LogP contribution in [0, 0.1) is 17.1 Å². The second kappa shape index (κ2) is 9.90. The highest BCUT2D eigenvalue weighted by Gasteiger charge is 2.35. The number of nitriles is 1. The van der Waals surface area contributed by atoms with Gasteiger partial charge in [-0.15, -0.1) is 0 Å². The van der Waals surface area contributed by atoms with E-state index in [1.165, 1.54) is 53.3 Å². The molecule has 0 unspecified atom stereocenters. The Bertz CT molecular complexity index is 1590. The third kappa shape index (κ3) is 5.54. The highest BCUT2D eigenvalue weighted by Crippen LogP contribution is 2.33. The lowest BCUT2D eigenvalue weighted by atomic mass is 10.1. The van der Waals surface area contributed by atoms with Gasteiger partial charge in [0.05, 0.1) is 16.2 Å². The number of ether oxygens (including phenoxy) is 1. The van der Waals surface area contributed by atoms with Crippen LogP contribution < -0.4 is 9.46 Å². The van der Waals surface area contributed by atoms with Crippen LogP contribution in [0.4, 0.5) is 23.4 Å². The molecule has 4 aromatic rings. The van der Waals surface area contributed by atoms with E-state index in [-0.39, 0.29) is 34.2 Å². The van der Waals surface area contributed by atoms with Crippen molar-refractivity contribution in [2.75, 3.05) is 4.72 Å². The first-order valence-corrected chi connectivity index (χ1v) is 12.1. The first-order chi connectivity index (χ1) is 17.5. The molecule has 1 N–H and O–H groups in total. The SMILES string of the molecule is CCn1nc(C(F)(F)F)cc1-c1ccc(Oc2ccc(S(=O)(=O)Nc3ncccc3F)cc2C#N)cc1. The molecule has 0 aliphatic heterocycles. The summed E-state index contributed by atoms with van der Waals surface area (Å²) in [4.78, 5) is 3.33. The number of hydrogen-bond acceptors (Lipinski definition) is 6. The molecule has 8 nitrogen and oxygen atoms in total. The van der Waals surface area contributed by atoms with Crippen molar-refractivity contribution in [2.24, 2.45) is 0 Å². The highest BCUT2D eigenvalue weighted by atomic mass is 32.2. The zero-order chi connectivity index (χ0) is 26.8. The van der Waals surface area contributed by atoms with Gasteiger partial charge < -0.3 is 4.74 Å². The van der Waals surface area contributed by atoms with Gasteiger partial charge in [-0.25, -0.2) is 17.8 Å². The van der Waals surface area contributed by atoms with E-state index in [1.807, 2.05) is 10.8 Å². The van der Waals surface area contributed by atoms with Crippen molar-refractivity contribution >= 4 is 15.8 Å². The van der Waals surface area contributed by atoms with Crippen molar-refractivity contribution < 1.29 is 30.7 Å². The molecule has 0 radical (unpaired) electrons. The van der Waals surface area contributed by atoms with Crippen LogP contribution >= 0.6 is 0 Å². The number of pyridine rings is 1. The zero-order valence-corrected chi connectivity index (χ0v) is 19.8. The second-order valence-corrected chi connectivity index (χ2v) is 9.25. The van der Waals surface area contributed by atoms with Gasteiger partial charge in [0.1, 0.15) is 17.6 Å². The normalized spacial score (nSPS) is 11.7. The monoisotopic (exact) mass is 531 g/mol. The Labute approximate surface area is 208 Å². The zero-order valence-electron chi connectivity index (χ0n) is 19.0. The fraction of sp³-hybridized carbons (Fsp3) is 0.125. The summed E-state index contributed by atoms with van der Waals surface area (Å²) in [6.07, 6.45) is -3.36. The third-order valence-electron chi connectivity index (χ3n) is 5.12. The van der Waals surface area contributed by atoms with Crippen LogP contribution in [0.15, 0.2) is 71.8 Å². The Balaban J connectivity index is 1.57. The molecular weight excluding hydrogens is 514 g/mol. The minimum Gasteiger partial charge on any atom is -0.456 e. The summed E-state index contributed by atoms with van der Waals surface area (Å²) in [5.74, 6) is -1.07. The number of aryl methyl sites for hydroxylation is 1. The minimum absolute atomic E-state index is 0.0381. The van der Waals surface area contributed by atoms with Crippen LogP contribution in [0.5, 0.6) is 11.5 Å². The summed E-state index contributed by atoms with van der Waals surface area (Å²) >= 11 is 0. The van der Waals surface area contributed by atoms with E-state index in [9.17, 15) is 31.2 Å². The van der Waals surface area contributed by atoms with E-state index >= 15 is 0 Å². The molecule has 190 valence electrons. The van der Waals surface area contributed by atoms with Gasteiger partial charge in [-0.05, 0) is 67.6 Å². The first-order valence-electron chi connectivity index (χ1n) is 10.6. The number of alkyl halides is 3. The van der Waals surface area contributed by atoms with E-state index in [4.69, 9.17) is 4.74 Å². The Kier molecular flexibility index (Phi) is 6.86. The third-order valence-corrected chi connectivity index (χ3v) is 6.46. The van der Waals surface area contributed by atoms with Crippen LogP contribution in [0.1, 0.15) is 18.2 Å². The lowest BCUT2D eigenvalue weighted by Gasteiger charge is -2.11. The fourth-order valence-electron chi connectivity index (χ4n) is 3.35. The van der Waals surface area contributed by atoms with Gasteiger partial charge in [0, 0.05) is 18.3 Å². The molecule has 2 aromatic carbocycles. The summed E-state index contributed by atoms with van der Waals surface area (Å²) in [5, 5.41) is 13.1. The predicted octanol–water partition coefficient (Wildman–Crippen LogP) is 5.59. The summed E-state index contributed by atoms with van der Waals surface area (Å²) < 4.78 is 87.2. The molecule has 0 fully saturated rings. The summed E-state index contributed by atoms with van der Waals surface area (Å²) in [6, 6.07) is 14.7. The standard InChI is InChI=1S/C24H17F4N5O3S/c1-2-33-20(13-22(31-33)24(26,27)28)15-5-7-17(8-6-15)36-21-10-9-18(12-16(21)14-29)37(34,35)32-23-19(25)4-3-11-30-23/h3-13H,2H2,1H3,(H,30,32). The van der Waals surface area contributed by atoms with Gasteiger partial charge in [-0.1, -0.05) is 0 Å². The van der Waals surface area contributed by atoms with E-state index in [0.29, 0.717) is 5.56 Å². The second-order valence-electron chi connectivity index (χ2n) is 7.56. The molecule has 0 atom stereocenters. The Morgan fingerprint density at radius 2 is 1.84 bits per heavy atom. The van der Waals surface area contributed by atoms with Crippen molar-refractivity contribution in [2.45, 2.75) is 24.5 Å².